The van der Waals surface area contributed by atoms with Gasteiger partial charge in [-0.2, -0.15) is 0 Å². The van der Waals surface area contributed by atoms with Crippen molar-refractivity contribution in [2.45, 2.75) is 85.2 Å². The Balaban J connectivity index is 1.55. The van der Waals surface area contributed by atoms with Crippen molar-refractivity contribution in [3.63, 3.8) is 0 Å². The van der Waals surface area contributed by atoms with Crippen molar-refractivity contribution >= 4 is 5.97 Å². The first-order chi connectivity index (χ1) is 13.8. The summed E-state index contributed by atoms with van der Waals surface area (Å²) in [6.45, 7) is 9.53. The number of hydrogen-bond donors (Lipinski definition) is 1. The number of rotatable bonds is 4. The summed E-state index contributed by atoms with van der Waals surface area (Å²) in [5, 5.41) is 11.3. The molecule has 3 heteroatoms. The van der Waals surface area contributed by atoms with Crippen molar-refractivity contribution in [3.8, 4) is 0 Å². The second-order valence-electron chi connectivity index (χ2n) is 10.8. The van der Waals surface area contributed by atoms with E-state index in [0.29, 0.717) is 41.6 Å². The summed E-state index contributed by atoms with van der Waals surface area (Å²) in [5.74, 6) is 2.42. The van der Waals surface area contributed by atoms with E-state index in [1.54, 1.807) is 11.6 Å². The van der Waals surface area contributed by atoms with Crippen LogP contribution in [0.4, 0.5) is 0 Å². The third kappa shape index (κ3) is 3.42. The number of hydrogen-bond acceptors (Lipinski definition) is 3. The number of aliphatic hydroxyl groups is 1. The van der Waals surface area contributed by atoms with E-state index in [1.165, 1.54) is 44.9 Å². The zero-order chi connectivity index (χ0) is 20.8. The molecule has 0 aromatic carbocycles. The Bertz CT molecular complexity index is 694. The van der Waals surface area contributed by atoms with Gasteiger partial charge in [0, 0.05) is 6.08 Å². The second kappa shape index (κ2) is 7.87. The Morgan fingerprint density at radius 3 is 2.83 bits per heavy atom. The normalized spacial score (nSPS) is 45.1. The molecule has 8 atom stereocenters. The molecule has 1 N–H and O–H groups in total. The van der Waals surface area contributed by atoms with E-state index in [2.05, 4.69) is 32.9 Å². The Kier molecular flexibility index (Phi) is 5.74. The van der Waals surface area contributed by atoms with Crippen LogP contribution in [-0.2, 0) is 9.53 Å². The Morgan fingerprint density at radius 1 is 1.28 bits per heavy atom. The van der Waals surface area contributed by atoms with Crippen molar-refractivity contribution in [3.05, 3.63) is 23.8 Å². The largest absolute Gasteiger partial charge is 0.463 e. The smallest absolute Gasteiger partial charge is 0.330 e. The molecule has 4 aliphatic rings. The SMILES string of the molecule is CCOC(=O)/C=C/[C@@H](C)C1CCC2C3C(CC[C@@]21C)[C@@]1(C)CCCC=C1C[C@@H]3O. The average molecular weight is 401 g/mol. The molecule has 4 rings (SSSR count). The topological polar surface area (TPSA) is 46.5 Å². The highest BCUT2D eigenvalue weighted by Gasteiger charge is 2.61. The van der Waals surface area contributed by atoms with E-state index in [0.717, 1.165) is 6.42 Å². The summed E-state index contributed by atoms with van der Waals surface area (Å²) in [5.41, 5.74) is 2.14. The van der Waals surface area contributed by atoms with Crippen LogP contribution in [0.2, 0.25) is 0 Å². The van der Waals surface area contributed by atoms with Gasteiger partial charge in [0.25, 0.3) is 0 Å². The van der Waals surface area contributed by atoms with Crippen LogP contribution in [0.25, 0.3) is 0 Å². The van der Waals surface area contributed by atoms with E-state index in [4.69, 9.17) is 4.74 Å². The lowest BCUT2D eigenvalue weighted by molar-refractivity contribution is -0.137. The van der Waals surface area contributed by atoms with Crippen LogP contribution in [0.15, 0.2) is 23.8 Å². The lowest BCUT2D eigenvalue weighted by Crippen LogP contribution is -2.55. The minimum atomic E-state index is -0.227. The fraction of sp³-hybridized carbons (Fsp3) is 0.808. The molecule has 0 saturated heterocycles. The van der Waals surface area contributed by atoms with Gasteiger partial charge in [0.15, 0.2) is 0 Å². The van der Waals surface area contributed by atoms with Gasteiger partial charge < -0.3 is 9.84 Å². The number of carbonyl (C=O) groups is 1. The molecule has 0 amide bonds. The monoisotopic (exact) mass is 400 g/mol. The van der Waals surface area contributed by atoms with Crippen molar-refractivity contribution in [1.82, 2.24) is 0 Å². The van der Waals surface area contributed by atoms with Gasteiger partial charge in [0.05, 0.1) is 12.7 Å². The fourth-order valence-corrected chi connectivity index (χ4v) is 8.17. The van der Waals surface area contributed by atoms with Crippen molar-refractivity contribution in [2.75, 3.05) is 6.61 Å². The summed E-state index contributed by atoms with van der Waals surface area (Å²) >= 11 is 0. The van der Waals surface area contributed by atoms with Gasteiger partial charge in [0.1, 0.15) is 0 Å². The minimum absolute atomic E-state index is 0.175. The third-order valence-corrected chi connectivity index (χ3v) is 9.58. The molecule has 3 fully saturated rings. The molecule has 0 bridgehead atoms. The van der Waals surface area contributed by atoms with E-state index < -0.39 is 0 Å². The van der Waals surface area contributed by atoms with Gasteiger partial charge in [-0.1, -0.05) is 38.5 Å². The maximum Gasteiger partial charge on any atom is 0.330 e. The number of allylic oxidation sites excluding steroid dienone is 2. The number of esters is 1. The first-order valence-corrected chi connectivity index (χ1v) is 12.0. The van der Waals surface area contributed by atoms with Crippen LogP contribution in [0.3, 0.4) is 0 Å². The lowest BCUT2D eigenvalue weighted by atomic mass is 9.46. The molecular formula is C26H40O3. The quantitative estimate of drug-likeness (QED) is 0.375. The van der Waals surface area contributed by atoms with Crippen molar-refractivity contribution in [1.29, 1.82) is 0 Å². The van der Waals surface area contributed by atoms with Gasteiger partial charge in [-0.3, -0.25) is 0 Å². The predicted octanol–water partition coefficient (Wildman–Crippen LogP) is 5.68. The molecule has 0 aliphatic heterocycles. The maximum absolute atomic E-state index is 11.8. The molecule has 162 valence electrons. The van der Waals surface area contributed by atoms with E-state index in [1.807, 2.05) is 6.92 Å². The second-order valence-corrected chi connectivity index (χ2v) is 10.8. The zero-order valence-electron chi connectivity index (χ0n) is 18.8. The molecule has 0 spiro atoms. The summed E-state index contributed by atoms with van der Waals surface area (Å²) in [7, 11) is 0. The maximum atomic E-state index is 11.8. The summed E-state index contributed by atoms with van der Waals surface area (Å²) in [4.78, 5) is 11.8. The van der Waals surface area contributed by atoms with Crippen LogP contribution < -0.4 is 0 Å². The molecule has 0 aromatic heterocycles. The minimum Gasteiger partial charge on any atom is -0.463 e. The Labute approximate surface area is 177 Å². The zero-order valence-corrected chi connectivity index (χ0v) is 18.8. The molecule has 29 heavy (non-hydrogen) atoms. The Hall–Kier alpha value is -1.09. The van der Waals surface area contributed by atoms with E-state index in [9.17, 15) is 9.90 Å². The number of ether oxygens (including phenoxy) is 1. The molecule has 3 saturated carbocycles. The fourth-order valence-electron chi connectivity index (χ4n) is 8.17. The van der Waals surface area contributed by atoms with Crippen molar-refractivity contribution in [2.24, 2.45) is 40.4 Å². The van der Waals surface area contributed by atoms with Gasteiger partial charge in [-0.15, -0.1) is 0 Å². The van der Waals surface area contributed by atoms with Crippen LogP contribution in [-0.4, -0.2) is 23.8 Å². The summed E-state index contributed by atoms with van der Waals surface area (Å²) < 4.78 is 5.07. The van der Waals surface area contributed by atoms with E-state index >= 15 is 0 Å². The van der Waals surface area contributed by atoms with Gasteiger partial charge >= 0.3 is 5.97 Å². The molecular weight excluding hydrogens is 360 g/mol. The molecule has 0 aromatic rings. The van der Waals surface area contributed by atoms with Crippen LogP contribution in [0.1, 0.15) is 79.1 Å². The van der Waals surface area contributed by atoms with Gasteiger partial charge in [0.2, 0.25) is 0 Å². The third-order valence-electron chi connectivity index (χ3n) is 9.58. The van der Waals surface area contributed by atoms with E-state index in [-0.39, 0.29) is 17.5 Å². The summed E-state index contributed by atoms with van der Waals surface area (Å²) in [6, 6.07) is 0. The highest BCUT2D eigenvalue weighted by molar-refractivity contribution is 5.81. The van der Waals surface area contributed by atoms with Crippen LogP contribution in [0.5, 0.6) is 0 Å². The van der Waals surface area contributed by atoms with Crippen molar-refractivity contribution < 1.29 is 14.6 Å². The standard InChI is InChI=1S/C26H40O3/c1-5-29-23(28)12-9-17(2)19-10-11-20-24-21(13-15-26(19,20)4)25(3)14-7-6-8-18(25)16-22(24)27/h8-9,12,17,19-22,24,27H,5-7,10-11,13-16H2,1-4H3/b12-9+/t17-,19?,20?,21?,22+,24?,25+,26-/m1/s1. The van der Waals surface area contributed by atoms with Crippen LogP contribution >= 0.6 is 0 Å². The molecule has 4 aliphatic carbocycles. The Morgan fingerprint density at radius 2 is 2.07 bits per heavy atom. The van der Waals surface area contributed by atoms with Gasteiger partial charge in [-0.25, -0.2) is 4.79 Å². The predicted molar refractivity (Wildman–Crippen MR) is 116 cm³/mol. The number of carbonyl (C=O) groups excluding carboxylic acids is 1. The number of aliphatic hydroxyl groups excluding tert-OH is 1. The number of fused-ring (bicyclic) bond motifs is 5. The van der Waals surface area contributed by atoms with Gasteiger partial charge in [-0.05, 0) is 98.7 Å². The highest BCUT2D eigenvalue weighted by atomic mass is 16.5. The summed E-state index contributed by atoms with van der Waals surface area (Å²) in [6.07, 6.45) is 15.6. The average Bonchev–Trinajstić information content (AvgIpc) is 3.04. The molecule has 0 radical (unpaired) electrons. The highest BCUT2D eigenvalue weighted by Crippen LogP contribution is 2.67. The van der Waals surface area contributed by atoms with Crippen LogP contribution in [0, 0.1) is 40.4 Å². The molecule has 3 nitrogen and oxygen atoms in total. The lowest BCUT2D eigenvalue weighted by Gasteiger charge is -2.60. The molecule has 0 heterocycles. The first-order valence-electron chi connectivity index (χ1n) is 12.0. The molecule has 4 unspecified atom stereocenters. The first kappa shape index (κ1) is 21.2.